The molecule has 0 aliphatic rings. The van der Waals surface area contributed by atoms with Crippen LogP contribution in [0.3, 0.4) is 0 Å². The summed E-state index contributed by atoms with van der Waals surface area (Å²) >= 11 is 0. The third-order valence-electron chi connectivity index (χ3n) is 1.33. The number of nitrogens with zero attached hydrogens (tertiary/aromatic N) is 2. The Bertz CT molecular complexity index is 284. The van der Waals surface area contributed by atoms with Crippen molar-refractivity contribution in [2.75, 3.05) is 5.73 Å². The molecule has 0 saturated carbocycles. The number of rotatable bonds is 2. The standard InChI is InChI=1S/C8H11N3.C2H6/c1-3-5-11-7(9)6-10-8(11)4-2;1-2/h3-6H,2,9H2,1H3;1-2H3/b5-3-;. The van der Waals surface area contributed by atoms with E-state index < -0.39 is 0 Å². The number of imidazole rings is 1. The van der Waals surface area contributed by atoms with Crippen molar-refractivity contribution in [3.05, 3.63) is 24.7 Å². The van der Waals surface area contributed by atoms with Crippen LogP contribution in [0.4, 0.5) is 5.82 Å². The Labute approximate surface area is 79.6 Å². The molecule has 1 heterocycles. The lowest BCUT2D eigenvalue weighted by molar-refractivity contribution is 1.11. The van der Waals surface area contributed by atoms with Gasteiger partial charge in [0.25, 0.3) is 0 Å². The number of hydrogen-bond acceptors (Lipinski definition) is 2. The number of aromatic nitrogens is 2. The van der Waals surface area contributed by atoms with Gasteiger partial charge in [0.15, 0.2) is 0 Å². The molecule has 0 bridgehead atoms. The largest absolute Gasteiger partial charge is 0.383 e. The molecule has 0 unspecified atom stereocenters. The fourth-order valence-electron chi connectivity index (χ4n) is 0.851. The van der Waals surface area contributed by atoms with Crippen molar-refractivity contribution in [1.82, 2.24) is 9.55 Å². The Morgan fingerprint density at radius 1 is 1.54 bits per heavy atom. The van der Waals surface area contributed by atoms with Crippen molar-refractivity contribution >= 4 is 18.1 Å². The van der Waals surface area contributed by atoms with Gasteiger partial charge in [-0.1, -0.05) is 26.5 Å². The quantitative estimate of drug-likeness (QED) is 0.758. The minimum atomic E-state index is 0.623. The molecule has 2 N–H and O–H groups in total. The predicted octanol–water partition coefficient (Wildman–Crippen LogP) is 2.63. The van der Waals surface area contributed by atoms with Crippen LogP contribution < -0.4 is 5.73 Å². The summed E-state index contributed by atoms with van der Waals surface area (Å²) in [5.74, 6) is 1.39. The van der Waals surface area contributed by atoms with Crippen LogP contribution in [-0.2, 0) is 0 Å². The SMILES string of the molecule is C=Cc1ncc(N)n1/C=C\C.CC. The van der Waals surface area contributed by atoms with E-state index >= 15 is 0 Å². The summed E-state index contributed by atoms with van der Waals surface area (Å²) in [6.07, 6.45) is 7.01. The van der Waals surface area contributed by atoms with E-state index in [4.69, 9.17) is 5.73 Å². The number of nitrogens with two attached hydrogens (primary N) is 1. The van der Waals surface area contributed by atoms with Gasteiger partial charge in [0.2, 0.25) is 0 Å². The first kappa shape index (κ1) is 11.5. The zero-order valence-corrected chi connectivity index (χ0v) is 8.49. The maximum absolute atomic E-state index is 5.60. The topological polar surface area (TPSA) is 43.8 Å². The molecule has 1 aromatic heterocycles. The normalized spacial score (nSPS) is 9.46. The summed E-state index contributed by atoms with van der Waals surface area (Å²) in [6, 6.07) is 0. The second-order valence-corrected chi connectivity index (χ2v) is 2.10. The van der Waals surface area contributed by atoms with Crippen molar-refractivity contribution < 1.29 is 0 Å². The Hall–Kier alpha value is -1.51. The molecule has 3 heteroatoms. The average Bonchev–Trinajstić information content (AvgIpc) is 2.52. The van der Waals surface area contributed by atoms with Crippen molar-refractivity contribution in [3.63, 3.8) is 0 Å². The molecule has 3 nitrogen and oxygen atoms in total. The van der Waals surface area contributed by atoms with Gasteiger partial charge in [0.1, 0.15) is 11.6 Å². The molecule has 0 aliphatic carbocycles. The minimum absolute atomic E-state index is 0.623. The van der Waals surface area contributed by atoms with Gasteiger partial charge in [-0.05, 0) is 13.0 Å². The summed E-state index contributed by atoms with van der Waals surface area (Å²) in [7, 11) is 0. The average molecular weight is 179 g/mol. The van der Waals surface area contributed by atoms with E-state index in [0.717, 1.165) is 5.82 Å². The second kappa shape index (κ2) is 6.06. The number of hydrogen-bond donors (Lipinski definition) is 1. The summed E-state index contributed by atoms with van der Waals surface area (Å²) in [6.45, 7) is 9.54. The van der Waals surface area contributed by atoms with Crippen molar-refractivity contribution in [2.24, 2.45) is 0 Å². The number of nitrogen functional groups attached to an aromatic ring is 1. The molecule has 72 valence electrons. The van der Waals surface area contributed by atoms with E-state index in [2.05, 4.69) is 11.6 Å². The van der Waals surface area contributed by atoms with Gasteiger partial charge in [-0.25, -0.2) is 4.98 Å². The van der Waals surface area contributed by atoms with Crippen LogP contribution in [0.25, 0.3) is 12.3 Å². The Balaban J connectivity index is 0.000000671. The van der Waals surface area contributed by atoms with Gasteiger partial charge in [-0.3, -0.25) is 4.57 Å². The molecule has 0 saturated heterocycles. The lowest BCUT2D eigenvalue weighted by Crippen LogP contribution is -1.95. The molecule has 1 aromatic rings. The maximum Gasteiger partial charge on any atom is 0.137 e. The monoisotopic (exact) mass is 179 g/mol. The Kier molecular flexibility index (Phi) is 5.35. The fourth-order valence-corrected chi connectivity index (χ4v) is 0.851. The number of allylic oxidation sites excluding steroid dienone is 1. The van der Waals surface area contributed by atoms with Crippen molar-refractivity contribution in [3.8, 4) is 0 Å². The molecule has 0 atom stereocenters. The van der Waals surface area contributed by atoms with E-state index in [1.165, 1.54) is 0 Å². The first-order valence-corrected chi connectivity index (χ1v) is 4.37. The van der Waals surface area contributed by atoms with E-state index in [-0.39, 0.29) is 0 Å². The highest BCUT2D eigenvalue weighted by atomic mass is 15.1. The Morgan fingerprint density at radius 2 is 2.15 bits per heavy atom. The van der Waals surface area contributed by atoms with Crippen LogP contribution in [0.15, 0.2) is 18.9 Å². The third-order valence-corrected chi connectivity index (χ3v) is 1.33. The van der Waals surface area contributed by atoms with Gasteiger partial charge < -0.3 is 5.73 Å². The van der Waals surface area contributed by atoms with E-state index in [1.807, 2.05) is 33.0 Å². The lowest BCUT2D eigenvalue weighted by atomic mass is 10.5. The lowest BCUT2D eigenvalue weighted by Gasteiger charge is -1.97. The molecule has 1 rings (SSSR count). The summed E-state index contributed by atoms with van der Waals surface area (Å²) < 4.78 is 1.77. The molecular weight excluding hydrogens is 162 g/mol. The van der Waals surface area contributed by atoms with Gasteiger partial charge in [-0.15, -0.1) is 0 Å². The summed E-state index contributed by atoms with van der Waals surface area (Å²) in [4.78, 5) is 4.02. The molecule has 0 spiro atoms. The van der Waals surface area contributed by atoms with Gasteiger partial charge in [-0.2, -0.15) is 0 Å². The first-order chi connectivity index (χ1) is 6.29. The van der Waals surface area contributed by atoms with Crippen LogP contribution in [0.2, 0.25) is 0 Å². The zero-order chi connectivity index (χ0) is 10.3. The van der Waals surface area contributed by atoms with Gasteiger partial charge >= 0.3 is 0 Å². The van der Waals surface area contributed by atoms with Crippen LogP contribution >= 0.6 is 0 Å². The molecular formula is C10H17N3. The molecule has 0 aromatic carbocycles. The minimum Gasteiger partial charge on any atom is -0.383 e. The van der Waals surface area contributed by atoms with E-state index in [1.54, 1.807) is 16.8 Å². The smallest absolute Gasteiger partial charge is 0.137 e. The van der Waals surface area contributed by atoms with Crippen molar-refractivity contribution in [1.29, 1.82) is 0 Å². The second-order valence-electron chi connectivity index (χ2n) is 2.10. The van der Waals surface area contributed by atoms with Crippen LogP contribution in [0, 0.1) is 0 Å². The fraction of sp³-hybridized carbons (Fsp3) is 0.300. The first-order valence-electron chi connectivity index (χ1n) is 4.37. The number of anilines is 1. The molecule has 13 heavy (non-hydrogen) atoms. The van der Waals surface area contributed by atoms with Gasteiger partial charge in [0.05, 0.1) is 6.20 Å². The molecule has 0 fully saturated rings. The van der Waals surface area contributed by atoms with Crippen molar-refractivity contribution in [2.45, 2.75) is 20.8 Å². The predicted molar refractivity (Wildman–Crippen MR) is 59.1 cm³/mol. The maximum atomic E-state index is 5.60. The van der Waals surface area contributed by atoms with Crippen LogP contribution in [-0.4, -0.2) is 9.55 Å². The van der Waals surface area contributed by atoms with Crippen LogP contribution in [0.5, 0.6) is 0 Å². The van der Waals surface area contributed by atoms with Crippen LogP contribution in [0.1, 0.15) is 26.6 Å². The molecule has 0 amide bonds. The van der Waals surface area contributed by atoms with Gasteiger partial charge in [0, 0.05) is 6.20 Å². The highest BCUT2D eigenvalue weighted by Gasteiger charge is 1.98. The zero-order valence-electron chi connectivity index (χ0n) is 8.49. The highest BCUT2D eigenvalue weighted by molar-refractivity contribution is 5.50. The van der Waals surface area contributed by atoms with E-state index in [9.17, 15) is 0 Å². The summed E-state index contributed by atoms with van der Waals surface area (Å²) in [5, 5.41) is 0. The highest BCUT2D eigenvalue weighted by Crippen LogP contribution is 2.08. The third kappa shape index (κ3) is 2.78. The van der Waals surface area contributed by atoms with E-state index in [0.29, 0.717) is 5.82 Å². The molecule has 0 radical (unpaired) electrons. The molecule has 0 aliphatic heterocycles. The Morgan fingerprint density at radius 3 is 2.62 bits per heavy atom. The summed E-state index contributed by atoms with van der Waals surface area (Å²) in [5.41, 5.74) is 5.60.